The first-order valence-electron chi connectivity index (χ1n) is 7.43. The highest BCUT2D eigenvalue weighted by Gasteiger charge is 2.13. The summed E-state index contributed by atoms with van der Waals surface area (Å²) in [5.41, 5.74) is 2.39. The van der Waals surface area contributed by atoms with Crippen LogP contribution in [0.5, 0.6) is 0 Å². The molecule has 0 radical (unpaired) electrons. The number of H-pyrrole nitrogens is 1. The van der Waals surface area contributed by atoms with Gasteiger partial charge in [-0.3, -0.25) is 9.59 Å². The van der Waals surface area contributed by atoms with Crippen LogP contribution in [-0.4, -0.2) is 15.8 Å². The van der Waals surface area contributed by atoms with Gasteiger partial charge in [0.2, 0.25) is 5.91 Å². The molecule has 0 unspecified atom stereocenters. The van der Waals surface area contributed by atoms with Crippen LogP contribution < -0.4 is 5.56 Å². The zero-order valence-electron chi connectivity index (χ0n) is 13.1. The molecule has 0 spiro atoms. The van der Waals surface area contributed by atoms with Gasteiger partial charge in [-0.2, -0.15) is 0 Å². The second-order valence-corrected chi connectivity index (χ2v) is 6.70. The topological polar surface area (TPSA) is 53.2 Å². The molecule has 0 saturated carbocycles. The van der Waals surface area contributed by atoms with Crippen molar-refractivity contribution in [1.29, 1.82) is 0 Å². The monoisotopic (exact) mass is 326 g/mol. The van der Waals surface area contributed by atoms with Crippen molar-refractivity contribution in [2.75, 3.05) is 0 Å². The molecule has 2 aromatic heterocycles. The van der Waals surface area contributed by atoms with E-state index >= 15 is 0 Å². The van der Waals surface area contributed by atoms with E-state index in [0.717, 1.165) is 21.3 Å². The zero-order chi connectivity index (χ0) is 16.4. The summed E-state index contributed by atoms with van der Waals surface area (Å²) in [5.74, 6) is -0.0400. The van der Waals surface area contributed by atoms with Crippen molar-refractivity contribution in [3.05, 3.63) is 68.1 Å². The zero-order valence-corrected chi connectivity index (χ0v) is 13.9. The molecular weight excluding hydrogens is 308 g/mol. The van der Waals surface area contributed by atoms with E-state index in [-0.39, 0.29) is 11.5 Å². The Labute approximate surface area is 138 Å². The molecule has 0 aliphatic heterocycles. The van der Waals surface area contributed by atoms with E-state index in [2.05, 4.69) is 4.98 Å². The predicted molar refractivity (Wildman–Crippen MR) is 93.6 cm³/mol. The lowest BCUT2D eigenvalue weighted by Crippen LogP contribution is -2.30. The minimum atomic E-state index is -0.138. The Kier molecular flexibility index (Phi) is 4.30. The fraction of sp³-hybridized carbons (Fsp3) is 0.222. The number of amides is 1. The number of fused-ring (bicyclic) bond motifs is 1. The van der Waals surface area contributed by atoms with Gasteiger partial charge in [0.15, 0.2) is 0 Å². The Morgan fingerprint density at radius 1 is 1.22 bits per heavy atom. The molecule has 118 valence electrons. The van der Waals surface area contributed by atoms with Gasteiger partial charge in [-0.15, -0.1) is 11.3 Å². The number of nitrogens with zero attached hydrogens (tertiary/aromatic N) is 1. The van der Waals surface area contributed by atoms with Crippen molar-refractivity contribution in [1.82, 2.24) is 9.88 Å². The number of benzene rings is 1. The van der Waals surface area contributed by atoms with Gasteiger partial charge in [0.05, 0.1) is 13.1 Å². The highest BCUT2D eigenvalue weighted by molar-refractivity contribution is 7.09. The minimum Gasteiger partial charge on any atom is -0.333 e. The van der Waals surface area contributed by atoms with Gasteiger partial charge in [-0.05, 0) is 41.5 Å². The third-order valence-corrected chi connectivity index (χ3v) is 4.67. The maximum Gasteiger partial charge on any atom is 0.253 e. The molecule has 1 aromatic carbocycles. The van der Waals surface area contributed by atoms with Crippen LogP contribution in [0.4, 0.5) is 0 Å². The van der Waals surface area contributed by atoms with Gasteiger partial charge in [0.1, 0.15) is 0 Å². The van der Waals surface area contributed by atoms with Gasteiger partial charge >= 0.3 is 0 Å². The SMILES string of the molecule is CC(=O)N(Cc1cccs1)Cc1cc2ccc(C)cc2[nH]c1=O. The number of thiophene rings is 1. The van der Waals surface area contributed by atoms with E-state index in [1.54, 1.807) is 16.2 Å². The lowest BCUT2D eigenvalue weighted by molar-refractivity contribution is -0.130. The standard InChI is InChI=1S/C18H18N2O2S/c1-12-5-6-14-9-15(18(22)19-17(14)8-12)10-20(13(2)21)11-16-4-3-7-23-16/h3-9H,10-11H2,1-2H3,(H,19,22). The number of rotatable bonds is 4. The molecule has 5 heteroatoms. The molecule has 1 N–H and O–H groups in total. The third-order valence-electron chi connectivity index (χ3n) is 3.81. The molecule has 3 aromatic rings. The fourth-order valence-corrected chi connectivity index (χ4v) is 3.27. The molecule has 1 amide bonds. The van der Waals surface area contributed by atoms with E-state index in [1.165, 1.54) is 6.92 Å². The molecule has 0 bridgehead atoms. The maximum atomic E-state index is 12.3. The number of carbonyl (C=O) groups excluding carboxylic acids is 1. The predicted octanol–water partition coefficient (Wildman–Crippen LogP) is 3.45. The van der Waals surface area contributed by atoms with Crippen LogP contribution in [0, 0.1) is 6.92 Å². The molecule has 0 saturated heterocycles. The van der Waals surface area contributed by atoms with Crippen LogP contribution in [0.1, 0.15) is 22.9 Å². The maximum absolute atomic E-state index is 12.3. The van der Waals surface area contributed by atoms with E-state index in [0.29, 0.717) is 18.7 Å². The highest BCUT2D eigenvalue weighted by Crippen LogP contribution is 2.16. The van der Waals surface area contributed by atoms with Crippen LogP contribution >= 0.6 is 11.3 Å². The number of nitrogens with one attached hydrogen (secondary N) is 1. The lowest BCUT2D eigenvalue weighted by atomic mass is 10.1. The number of pyridine rings is 1. The quantitative estimate of drug-likeness (QED) is 0.798. The molecule has 0 aliphatic carbocycles. The van der Waals surface area contributed by atoms with Crippen molar-refractivity contribution >= 4 is 28.1 Å². The second kappa shape index (κ2) is 6.38. The number of aromatic amines is 1. The summed E-state index contributed by atoms with van der Waals surface area (Å²) in [5, 5.41) is 2.96. The molecule has 0 fully saturated rings. The van der Waals surface area contributed by atoms with Crippen molar-refractivity contribution in [2.45, 2.75) is 26.9 Å². The Balaban J connectivity index is 1.92. The number of aromatic nitrogens is 1. The average Bonchev–Trinajstić information content (AvgIpc) is 3.00. The molecule has 2 heterocycles. The summed E-state index contributed by atoms with van der Waals surface area (Å²) >= 11 is 1.61. The van der Waals surface area contributed by atoms with E-state index in [9.17, 15) is 9.59 Å². The summed E-state index contributed by atoms with van der Waals surface area (Å²) < 4.78 is 0. The van der Waals surface area contributed by atoms with Crippen LogP contribution in [0.15, 0.2) is 46.6 Å². The first-order chi connectivity index (χ1) is 11.0. The van der Waals surface area contributed by atoms with Gasteiger partial charge in [-0.25, -0.2) is 0 Å². The summed E-state index contributed by atoms with van der Waals surface area (Å²) in [6, 6.07) is 11.8. The van der Waals surface area contributed by atoms with E-state index in [4.69, 9.17) is 0 Å². The van der Waals surface area contributed by atoms with Crippen LogP contribution in [0.2, 0.25) is 0 Å². The first kappa shape index (κ1) is 15.5. The van der Waals surface area contributed by atoms with Crippen molar-refractivity contribution < 1.29 is 4.79 Å². The molecule has 0 atom stereocenters. The van der Waals surface area contributed by atoms with Crippen LogP contribution in [0.3, 0.4) is 0 Å². The van der Waals surface area contributed by atoms with Crippen LogP contribution in [-0.2, 0) is 17.9 Å². The van der Waals surface area contributed by atoms with Gasteiger partial charge < -0.3 is 9.88 Å². The number of carbonyl (C=O) groups is 1. The fourth-order valence-electron chi connectivity index (χ4n) is 2.55. The molecular formula is C18H18N2O2S. The first-order valence-corrected chi connectivity index (χ1v) is 8.31. The summed E-state index contributed by atoms with van der Waals surface area (Å²) in [7, 11) is 0. The van der Waals surface area contributed by atoms with Crippen molar-refractivity contribution in [3.8, 4) is 0 Å². The molecule has 3 rings (SSSR count). The van der Waals surface area contributed by atoms with Crippen molar-refractivity contribution in [3.63, 3.8) is 0 Å². The highest BCUT2D eigenvalue weighted by atomic mass is 32.1. The molecule has 0 aliphatic rings. The summed E-state index contributed by atoms with van der Waals surface area (Å²) in [4.78, 5) is 29.9. The lowest BCUT2D eigenvalue weighted by Gasteiger charge is -2.20. The number of hydrogen-bond donors (Lipinski definition) is 1. The summed E-state index contributed by atoms with van der Waals surface area (Å²) in [6.07, 6.45) is 0. The van der Waals surface area contributed by atoms with Gasteiger partial charge in [0, 0.05) is 22.9 Å². The van der Waals surface area contributed by atoms with Crippen LogP contribution in [0.25, 0.3) is 10.9 Å². The summed E-state index contributed by atoms with van der Waals surface area (Å²) in [6.45, 7) is 4.36. The third kappa shape index (κ3) is 3.51. The van der Waals surface area contributed by atoms with Crippen molar-refractivity contribution in [2.24, 2.45) is 0 Å². The normalized spacial score (nSPS) is 10.9. The van der Waals surface area contributed by atoms with Gasteiger partial charge in [0.25, 0.3) is 5.56 Å². The Morgan fingerprint density at radius 3 is 2.74 bits per heavy atom. The largest absolute Gasteiger partial charge is 0.333 e. The van der Waals surface area contributed by atoms with E-state index < -0.39 is 0 Å². The number of aryl methyl sites for hydroxylation is 1. The smallest absolute Gasteiger partial charge is 0.253 e. The minimum absolute atomic E-state index is 0.0400. The van der Waals surface area contributed by atoms with E-state index in [1.807, 2.05) is 48.7 Å². The molecule has 23 heavy (non-hydrogen) atoms. The second-order valence-electron chi connectivity index (χ2n) is 5.67. The van der Waals surface area contributed by atoms with Gasteiger partial charge in [-0.1, -0.05) is 18.2 Å². The Bertz CT molecular complexity index is 897. The number of hydrogen-bond acceptors (Lipinski definition) is 3. The Morgan fingerprint density at radius 2 is 2.04 bits per heavy atom. The molecule has 4 nitrogen and oxygen atoms in total. The Hall–Kier alpha value is -2.40. The average molecular weight is 326 g/mol.